The zero-order valence-corrected chi connectivity index (χ0v) is 14.0. The van der Waals surface area contributed by atoms with Crippen LogP contribution in [-0.4, -0.2) is 18.7 Å². The fourth-order valence-electron chi connectivity index (χ4n) is 2.94. The van der Waals surface area contributed by atoms with Gasteiger partial charge in [0.15, 0.2) is 11.5 Å². The van der Waals surface area contributed by atoms with E-state index in [2.05, 4.69) is 12.2 Å². The molecule has 0 aromatic heterocycles. The summed E-state index contributed by atoms with van der Waals surface area (Å²) in [6, 6.07) is 13.3. The van der Waals surface area contributed by atoms with Crippen LogP contribution in [0.5, 0.6) is 17.2 Å². The summed E-state index contributed by atoms with van der Waals surface area (Å²) in [6.07, 6.45) is 3.69. The molecule has 1 heterocycles. The number of nitrogens with two attached hydrogens (primary N) is 2. The highest BCUT2D eigenvalue weighted by Crippen LogP contribution is 2.34. The zero-order valence-electron chi connectivity index (χ0n) is 14.0. The Labute approximate surface area is 142 Å². The molecule has 1 aliphatic rings. The first-order valence-electron chi connectivity index (χ1n) is 8.45. The maximum atomic E-state index is 6.17. The van der Waals surface area contributed by atoms with Crippen molar-refractivity contribution in [2.75, 3.05) is 18.0 Å². The van der Waals surface area contributed by atoms with Crippen LogP contribution in [0.2, 0.25) is 0 Å². The molecule has 0 saturated carbocycles. The first-order chi connectivity index (χ1) is 11.6. The molecule has 2 atom stereocenters. The molecule has 2 aromatic carbocycles. The number of piperidine rings is 1. The van der Waals surface area contributed by atoms with Crippen LogP contribution in [0, 0.1) is 0 Å². The van der Waals surface area contributed by atoms with Crippen LogP contribution in [0.3, 0.4) is 0 Å². The van der Waals surface area contributed by atoms with E-state index < -0.39 is 0 Å². The average Bonchev–Trinajstić information content (AvgIpc) is 2.60. The lowest BCUT2D eigenvalue weighted by Gasteiger charge is -2.29. The Kier molecular flexibility index (Phi) is 5.11. The third-order valence-electron chi connectivity index (χ3n) is 4.36. The summed E-state index contributed by atoms with van der Waals surface area (Å²) in [7, 11) is 0. The molecule has 0 aliphatic carbocycles. The summed E-state index contributed by atoms with van der Waals surface area (Å²) >= 11 is 0. The van der Waals surface area contributed by atoms with Crippen LogP contribution >= 0.6 is 0 Å². The number of anilines is 2. The van der Waals surface area contributed by atoms with Gasteiger partial charge in [0.05, 0.1) is 11.4 Å². The van der Waals surface area contributed by atoms with Crippen molar-refractivity contribution in [2.24, 2.45) is 0 Å². The minimum atomic E-state index is 0.0755. The number of hydrogen-bond donors (Lipinski definition) is 3. The van der Waals surface area contributed by atoms with Gasteiger partial charge in [-0.25, -0.2) is 0 Å². The van der Waals surface area contributed by atoms with Gasteiger partial charge in [-0.2, -0.15) is 0 Å². The molecule has 2 aromatic rings. The summed E-state index contributed by atoms with van der Waals surface area (Å²) in [5, 5.41) is 3.53. The quantitative estimate of drug-likeness (QED) is 0.732. The van der Waals surface area contributed by atoms with Crippen molar-refractivity contribution in [3.05, 3.63) is 42.5 Å². The van der Waals surface area contributed by atoms with Gasteiger partial charge in [-0.1, -0.05) is 18.6 Å². The molecule has 1 aliphatic heterocycles. The van der Waals surface area contributed by atoms with Crippen molar-refractivity contribution >= 4 is 11.4 Å². The zero-order chi connectivity index (χ0) is 16.9. The van der Waals surface area contributed by atoms with Crippen molar-refractivity contribution in [1.29, 1.82) is 0 Å². The summed E-state index contributed by atoms with van der Waals surface area (Å²) in [6.45, 7) is 3.15. The lowest BCUT2D eigenvalue weighted by Crippen LogP contribution is -2.44. The second-order valence-corrected chi connectivity index (χ2v) is 6.22. The lowest BCUT2D eigenvalue weighted by molar-refractivity contribution is 0.149. The molecule has 128 valence electrons. The molecule has 5 heteroatoms. The fraction of sp³-hybridized carbons (Fsp3) is 0.368. The first-order valence-corrected chi connectivity index (χ1v) is 8.45. The summed E-state index contributed by atoms with van der Waals surface area (Å²) < 4.78 is 12.1. The van der Waals surface area contributed by atoms with Gasteiger partial charge in [0.1, 0.15) is 11.9 Å². The Morgan fingerprint density at radius 2 is 1.83 bits per heavy atom. The predicted octanol–water partition coefficient (Wildman–Crippen LogP) is 3.55. The van der Waals surface area contributed by atoms with Gasteiger partial charge >= 0.3 is 0 Å². The summed E-state index contributed by atoms with van der Waals surface area (Å²) in [5.41, 5.74) is 12.6. The van der Waals surface area contributed by atoms with E-state index in [9.17, 15) is 0 Å². The van der Waals surface area contributed by atoms with Crippen LogP contribution in [0.4, 0.5) is 11.4 Å². The van der Waals surface area contributed by atoms with Crippen molar-refractivity contribution in [3.8, 4) is 17.2 Å². The van der Waals surface area contributed by atoms with Crippen molar-refractivity contribution in [2.45, 2.75) is 38.3 Å². The molecule has 0 amide bonds. The number of nitrogens with one attached hydrogen (secondary N) is 1. The topological polar surface area (TPSA) is 82.5 Å². The Morgan fingerprint density at radius 3 is 2.54 bits per heavy atom. The molecule has 3 rings (SSSR count). The third-order valence-corrected chi connectivity index (χ3v) is 4.36. The van der Waals surface area contributed by atoms with Crippen LogP contribution < -0.4 is 26.3 Å². The Balaban J connectivity index is 1.73. The van der Waals surface area contributed by atoms with Crippen molar-refractivity contribution in [1.82, 2.24) is 5.32 Å². The van der Waals surface area contributed by atoms with Gasteiger partial charge in [-0.15, -0.1) is 0 Å². The molecule has 5 nitrogen and oxygen atoms in total. The second kappa shape index (κ2) is 7.45. The van der Waals surface area contributed by atoms with Gasteiger partial charge in [-0.3, -0.25) is 0 Å². The Morgan fingerprint density at radius 1 is 1.04 bits per heavy atom. The normalized spacial score (nSPS) is 18.8. The third kappa shape index (κ3) is 3.92. The summed E-state index contributed by atoms with van der Waals surface area (Å²) in [4.78, 5) is 0. The van der Waals surface area contributed by atoms with Crippen LogP contribution in [-0.2, 0) is 0 Å². The largest absolute Gasteiger partial charge is 0.485 e. The molecule has 0 bridgehead atoms. The van der Waals surface area contributed by atoms with Crippen molar-refractivity contribution in [3.63, 3.8) is 0 Å². The van der Waals surface area contributed by atoms with Gasteiger partial charge in [0.25, 0.3) is 0 Å². The first kappa shape index (κ1) is 16.5. The predicted molar refractivity (Wildman–Crippen MR) is 97.5 cm³/mol. The number of nitrogen functional groups attached to an aromatic ring is 2. The summed E-state index contributed by atoms with van der Waals surface area (Å²) in [5.74, 6) is 2.04. The highest BCUT2D eigenvalue weighted by molar-refractivity contribution is 5.65. The van der Waals surface area contributed by atoms with Gasteiger partial charge in [-0.05, 0) is 50.6 Å². The van der Waals surface area contributed by atoms with E-state index >= 15 is 0 Å². The van der Waals surface area contributed by atoms with Crippen molar-refractivity contribution < 1.29 is 9.47 Å². The molecule has 1 saturated heterocycles. The number of hydrogen-bond acceptors (Lipinski definition) is 5. The van der Waals surface area contributed by atoms with E-state index in [0.717, 1.165) is 18.7 Å². The molecule has 1 fully saturated rings. The second-order valence-electron chi connectivity index (χ2n) is 6.22. The number of rotatable bonds is 5. The average molecular weight is 327 g/mol. The van der Waals surface area contributed by atoms with Gasteiger partial charge in [0.2, 0.25) is 0 Å². The highest BCUT2D eigenvalue weighted by Gasteiger charge is 2.22. The Hall–Kier alpha value is -2.40. The van der Waals surface area contributed by atoms with E-state index in [1.807, 2.05) is 24.3 Å². The molecular weight excluding hydrogens is 302 g/mol. The minimum Gasteiger partial charge on any atom is -0.485 e. The maximum Gasteiger partial charge on any atom is 0.169 e. The van der Waals surface area contributed by atoms with E-state index in [1.165, 1.54) is 12.8 Å². The van der Waals surface area contributed by atoms with Crippen LogP contribution in [0.1, 0.15) is 26.2 Å². The van der Waals surface area contributed by atoms with Crippen LogP contribution in [0.15, 0.2) is 42.5 Å². The minimum absolute atomic E-state index is 0.0755. The lowest BCUT2D eigenvalue weighted by atomic mass is 10.0. The fourth-order valence-corrected chi connectivity index (χ4v) is 2.94. The number of ether oxygens (including phenoxy) is 2. The number of para-hydroxylation sites is 2. The van der Waals surface area contributed by atoms with Gasteiger partial charge < -0.3 is 26.3 Å². The molecule has 2 unspecified atom stereocenters. The van der Waals surface area contributed by atoms with E-state index in [-0.39, 0.29) is 6.10 Å². The van der Waals surface area contributed by atoms with E-state index in [1.54, 1.807) is 18.2 Å². The maximum absolute atomic E-state index is 6.17. The Bertz CT molecular complexity index is 684. The molecule has 0 radical (unpaired) electrons. The van der Waals surface area contributed by atoms with Crippen LogP contribution in [0.25, 0.3) is 0 Å². The SMILES string of the molecule is CC(Oc1ccccc1Oc1ccc(N)c(N)c1)C1CCCCN1. The molecular formula is C19H25N3O2. The smallest absolute Gasteiger partial charge is 0.169 e. The van der Waals surface area contributed by atoms with E-state index in [4.69, 9.17) is 20.9 Å². The highest BCUT2D eigenvalue weighted by atomic mass is 16.5. The molecule has 0 spiro atoms. The monoisotopic (exact) mass is 327 g/mol. The molecule has 24 heavy (non-hydrogen) atoms. The van der Waals surface area contributed by atoms with E-state index in [0.29, 0.717) is 28.9 Å². The number of benzene rings is 2. The molecule has 5 N–H and O–H groups in total. The standard InChI is InChI=1S/C19H25N3O2/c1-13(17-6-4-5-11-22-17)23-18-7-2-3-8-19(18)24-14-9-10-15(20)16(21)12-14/h2-3,7-10,12-13,17,22H,4-6,11,20-21H2,1H3. The van der Waals surface area contributed by atoms with Gasteiger partial charge in [0, 0.05) is 12.1 Å².